The lowest BCUT2D eigenvalue weighted by atomic mass is 10.1. The first-order valence-electron chi connectivity index (χ1n) is 11.0. The van der Waals surface area contributed by atoms with Crippen molar-refractivity contribution in [3.05, 3.63) is 41.3 Å². The van der Waals surface area contributed by atoms with Gasteiger partial charge < -0.3 is 14.7 Å². The second-order valence-corrected chi connectivity index (χ2v) is 8.74. The predicted molar refractivity (Wildman–Crippen MR) is 133 cm³/mol. The van der Waals surface area contributed by atoms with E-state index in [2.05, 4.69) is 27.8 Å². The number of carbonyl (C=O) groups is 1. The summed E-state index contributed by atoms with van der Waals surface area (Å²) in [5, 5.41) is 23.0. The van der Waals surface area contributed by atoms with Crippen LogP contribution in [0.2, 0.25) is 0 Å². The number of oxime groups is 1. The van der Waals surface area contributed by atoms with Crippen LogP contribution in [0, 0.1) is 12.3 Å². The zero-order chi connectivity index (χ0) is 24.5. The Morgan fingerprint density at radius 2 is 1.97 bits per heavy atom. The highest BCUT2D eigenvalue weighted by atomic mass is 32.1. The summed E-state index contributed by atoms with van der Waals surface area (Å²) in [5.74, 6) is 2.25. The summed E-state index contributed by atoms with van der Waals surface area (Å²) in [4.78, 5) is 21.3. The standard InChI is InChI=1S/C21H25N5O4S.C3H4/c1-3-22-24-25(2)11-17-12-26(21(28)29-17)15-6-4-14(5-7-15)19-8-9-20(31-19)18-10-16(13-27)30-23-18;1-3-2/h4-9,16-17,27H,3,10-13H2,1-2H3;1H,2H3. The van der Waals surface area contributed by atoms with Crippen molar-refractivity contribution in [3.63, 3.8) is 0 Å². The fourth-order valence-electron chi connectivity index (χ4n) is 3.46. The lowest BCUT2D eigenvalue weighted by Crippen LogP contribution is -2.29. The van der Waals surface area contributed by atoms with Gasteiger partial charge in [0.1, 0.15) is 11.8 Å². The molecule has 2 aliphatic rings. The van der Waals surface area contributed by atoms with Crippen LogP contribution in [0.25, 0.3) is 10.4 Å². The Labute approximate surface area is 203 Å². The lowest BCUT2D eigenvalue weighted by Gasteiger charge is -2.16. The van der Waals surface area contributed by atoms with E-state index in [0.717, 1.165) is 26.7 Å². The molecule has 0 radical (unpaired) electrons. The third kappa shape index (κ3) is 6.34. The van der Waals surface area contributed by atoms with E-state index in [1.165, 1.54) is 0 Å². The third-order valence-electron chi connectivity index (χ3n) is 4.99. The number of cyclic esters (lactones) is 1. The number of anilines is 1. The van der Waals surface area contributed by atoms with Crippen LogP contribution in [0.5, 0.6) is 0 Å². The minimum absolute atomic E-state index is 0.0361. The van der Waals surface area contributed by atoms with E-state index in [1.807, 2.05) is 50.4 Å². The number of rotatable bonds is 8. The molecule has 2 aromatic rings. The van der Waals surface area contributed by atoms with Gasteiger partial charge in [0.2, 0.25) is 0 Å². The molecule has 0 bridgehead atoms. The van der Waals surface area contributed by atoms with Crippen LogP contribution in [-0.2, 0) is 9.57 Å². The Hall–Kier alpha value is -3.42. The molecule has 1 aromatic heterocycles. The number of ether oxygens (including phenoxy) is 1. The molecule has 1 amide bonds. The Morgan fingerprint density at radius 1 is 1.26 bits per heavy atom. The summed E-state index contributed by atoms with van der Waals surface area (Å²) in [6, 6.07) is 11.9. The van der Waals surface area contributed by atoms with Crippen LogP contribution >= 0.6 is 11.3 Å². The van der Waals surface area contributed by atoms with E-state index in [-0.39, 0.29) is 24.9 Å². The Bertz CT molecular complexity index is 1060. The number of nitrogens with zero attached hydrogens (tertiary/aromatic N) is 5. The van der Waals surface area contributed by atoms with Crippen molar-refractivity contribution in [3.8, 4) is 22.8 Å². The average molecular weight is 484 g/mol. The molecule has 4 rings (SSSR count). The van der Waals surface area contributed by atoms with Gasteiger partial charge in [0.15, 0.2) is 6.10 Å². The first-order valence-corrected chi connectivity index (χ1v) is 11.8. The molecule has 180 valence electrons. The number of hydrogen-bond acceptors (Lipinski definition) is 8. The highest BCUT2D eigenvalue weighted by Crippen LogP contribution is 2.32. The van der Waals surface area contributed by atoms with E-state index >= 15 is 0 Å². The van der Waals surface area contributed by atoms with Gasteiger partial charge in [-0.3, -0.25) is 9.91 Å². The fourth-order valence-corrected chi connectivity index (χ4v) is 4.46. The molecule has 9 nitrogen and oxygen atoms in total. The molecule has 1 N–H and O–H groups in total. The largest absolute Gasteiger partial charge is 0.442 e. The molecule has 1 fully saturated rings. The third-order valence-corrected chi connectivity index (χ3v) is 6.17. The van der Waals surface area contributed by atoms with Crippen LogP contribution in [0.3, 0.4) is 0 Å². The number of aliphatic hydroxyl groups is 1. The van der Waals surface area contributed by atoms with Crippen LogP contribution in [-0.4, -0.2) is 67.4 Å². The maximum absolute atomic E-state index is 12.3. The van der Waals surface area contributed by atoms with Crippen molar-refractivity contribution in [2.24, 2.45) is 15.5 Å². The molecular weight excluding hydrogens is 454 g/mol. The van der Waals surface area contributed by atoms with Gasteiger partial charge in [-0.25, -0.2) is 4.79 Å². The molecule has 0 aliphatic carbocycles. The second-order valence-electron chi connectivity index (χ2n) is 7.66. The molecule has 2 unspecified atom stereocenters. The van der Waals surface area contributed by atoms with Crippen LogP contribution < -0.4 is 4.90 Å². The van der Waals surface area contributed by atoms with Crippen molar-refractivity contribution < 1.29 is 19.5 Å². The number of benzene rings is 1. The number of likely N-dealkylation sites (N-methyl/N-ethyl adjacent to an activating group) is 1. The summed E-state index contributed by atoms with van der Waals surface area (Å²) in [5.41, 5.74) is 2.72. The van der Waals surface area contributed by atoms with Gasteiger partial charge in [0.25, 0.3) is 0 Å². The minimum Gasteiger partial charge on any atom is -0.442 e. The Morgan fingerprint density at radius 3 is 2.62 bits per heavy atom. The maximum atomic E-state index is 12.3. The molecule has 0 spiro atoms. The van der Waals surface area contributed by atoms with Gasteiger partial charge >= 0.3 is 6.09 Å². The molecule has 2 atom stereocenters. The monoisotopic (exact) mass is 483 g/mol. The van der Waals surface area contributed by atoms with Crippen LogP contribution in [0.15, 0.2) is 51.9 Å². The summed E-state index contributed by atoms with van der Waals surface area (Å²) in [6.07, 6.45) is 4.35. The van der Waals surface area contributed by atoms with Crippen molar-refractivity contribution in [1.82, 2.24) is 5.01 Å². The van der Waals surface area contributed by atoms with E-state index in [1.54, 1.807) is 28.2 Å². The summed E-state index contributed by atoms with van der Waals surface area (Å²) in [6.45, 7) is 5.11. The normalized spacial score (nSPS) is 19.2. The summed E-state index contributed by atoms with van der Waals surface area (Å²) in [7, 11) is 1.81. The number of amides is 1. The number of thiophene rings is 1. The van der Waals surface area contributed by atoms with Crippen LogP contribution in [0.1, 0.15) is 25.1 Å². The number of aliphatic hydroxyl groups excluding tert-OH is 1. The molecule has 34 heavy (non-hydrogen) atoms. The van der Waals surface area contributed by atoms with Crippen molar-refractivity contribution in [1.29, 1.82) is 0 Å². The van der Waals surface area contributed by atoms with E-state index < -0.39 is 0 Å². The van der Waals surface area contributed by atoms with Crippen molar-refractivity contribution in [2.45, 2.75) is 32.5 Å². The molecular formula is C24H29N5O4S. The summed E-state index contributed by atoms with van der Waals surface area (Å²) < 4.78 is 5.47. The second kappa shape index (κ2) is 12.2. The highest BCUT2D eigenvalue weighted by Gasteiger charge is 2.33. The van der Waals surface area contributed by atoms with Crippen molar-refractivity contribution >= 4 is 28.8 Å². The quantitative estimate of drug-likeness (QED) is 0.345. The van der Waals surface area contributed by atoms with Gasteiger partial charge in [-0.1, -0.05) is 22.5 Å². The molecule has 1 aromatic carbocycles. The van der Waals surface area contributed by atoms with E-state index in [0.29, 0.717) is 26.1 Å². The molecule has 0 saturated carbocycles. The molecule has 1 saturated heterocycles. The van der Waals surface area contributed by atoms with E-state index in [9.17, 15) is 9.90 Å². The first-order chi connectivity index (χ1) is 16.5. The fraction of sp³-hybridized carbons (Fsp3) is 0.417. The Kier molecular flexibility index (Phi) is 9.01. The van der Waals surface area contributed by atoms with Gasteiger partial charge in [0, 0.05) is 24.0 Å². The molecule has 10 heteroatoms. The molecule has 2 aliphatic heterocycles. The van der Waals surface area contributed by atoms with Gasteiger partial charge in [-0.15, -0.1) is 23.7 Å². The number of hydrogen-bond donors (Lipinski definition) is 1. The number of carbonyl (C=O) groups excluding carboxylic acids is 1. The molecule has 3 heterocycles. The SMILES string of the molecule is C#CC.CCN=NN(C)CC1CN(c2ccc(-c3ccc(C4=NOC(CO)C4)s3)cc2)C(=O)O1. The average Bonchev–Trinajstić information content (AvgIpc) is 3.58. The van der Waals surface area contributed by atoms with Gasteiger partial charge in [-0.2, -0.15) is 5.11 Å². The van der Waals surface area contributed by atoms with Gasteiger partial charge in [-0.05, 0) is 43.7 Å². The zero-order valence-corrected chi connectivity index (χ0v) is 20.4. The minimum atomic E-state index is -0.352. The van der Waals surface area contributed by atoms with E-state index in [4.69, 9.17) is 9.57 Å². The maximum Gasteiger partial charge on any atom is 0.414 e. The summed E-state index contributed by atoms with van der Waals surface area (Å²) >= 11 is 1.63. The first kappa shape index (κ1) is 25.2. The van der Waals surface area contributed by atoms with Crippen LogP contribution in [0.4, 0.5) is 10.5 Å². The zero-order valence-electron chi connectivity index (χ0n) is 19.5. The van der Waals surface area contributed by atoms with Gasteiger partial charge in [0.05, 0.1) is 31.1 Å². The predicted octanol–water partition coefficient (Wildman–Crippen LogP) is 4.18. The Balaban J connectivity index is 0.00000103. The smallest absolute Gasteiger partial charge is 0.414 e. The van der Waals surface area contributed by atoms with Crippen molar-refractivity contribution in [2.75, 3.05) is 38.2 Å². The topological polar surface area (TPSA) is 99.3 Å². The number of terminal acetylenes is 1. The highest BCUT2D eigenvalue weighted by molar-refractivity contribution is 7.17. The lowest BCUT2D eigenvalue weighted by molar-refractivity contribution is 0.0390.